The van der Waals surface area contributed by atoms with Gasteiger partial charge in [-0.2, -0.15) is 5.10 Å². The average molecular weight is 312 g/mol. The van der Waals surface area contributed by atoms with Crippen LogP contribution in [0.15, 0.2) is 18.2 Å². The summed E-state index contributed by atoms with van der Waals surface area (Å²) in [4.78, 5) is 12.6. The normalized spacial score (nSPS) is 19.1. The van der Waals surface area contributed by atoms with Crippen molar-refractivity contribution in [1.29, 1.82) is 0 Å². The van der Waals surface area contributed by atoms with E-state index in [1.807, 2.05) is 12.1 Å². The van der Waals surface area contributed by atoms with Gasteiger partial charge in [0.1, 0.15) is 5.75 Å². The lowest BCUT2D eigenvalue weighted by molar-refractivity contribution is 0.0930. The van der Waals surface area contributed by atoms with Crippen LogP contribution < -0.4 is 15.4 Å². The molecule has 2 heterocycles. The van der Waals surface area contributed by atoms with Crippen molar-refractivity contribution in [3.8, 4) is 5.75 Å². The molecule has 0 spiro atoms. The van der Waals surface area contributed by atoms with Gasteiger partial charge in [-0.3, -0.25) is 9.89 Å². The predicted molar refractivity (Wildman–Crippen MR) is 85.5 cm³/mol. The number of hydrogen-bond donors (Lipinski definition) is 3. The van der Waals surface area contributed by atoms with Crippen LogP contribution in [-0.4, -0.2) is 29.8 Å². The van der Waals surface area contributed by atoms with Crippen molar-refractivity contribution in [3.63, 3.8) is 0 Å². The molecule has 1 aromatic heterocycles. The highest BCUT2D eigenvalue weighted by Crippen LogP contribution is 2.36. The molecule has 0 saturated heterocycles. The van der Waals surface area contributed by atoms with E-state index in [-0.39, 0.29) is 11.9 Å². The second-order valence-electron chi connectivity index (χ2n) is 6.05. The number of aromatic nitrogens is 2. The first-order chi connectivity index (χ1) is 11.3. The van der Waals surface area contributed by atoms with E-state index in [2.05, 4.69) is 26.9 Å². The number of nitrogens with zero attached hydrogens (tertiary/aromatic N) is 1. The molecule has 4 rings (SSSR count). The molecule has 0 saturated carbocycles. The van der Waals surface area contributed by atoms with E-state index < -0.39 is 0 Å². The molecule has 1 unspecified atom stereocenters. The van der Waals surface area contributed by atoms with Gasteiger partial charge in [0.05, 0.1) is 13.2 Å². The minimum Gasteiger partial charge on any atom is -0.496 e. The van der Waals surface area contributed by atoms with Gasteiger partial charge in [-0.15, -0.1) is 0 Å². The Morgan fingerprint density at radius 1 is 1.35 bits per heavy atom. The van der Waals surface area contributed by atoms with Crippen molar-refractivity contribution < 1.29 is 9.53 Å². The van der Waals surface area contributed by atoms with Gasteiger partial charge in [-0.1, -0.05) is 12.1 Å². The number of H-pyrrole nitrogens is 1. The third-order valence-electron chi connectivity index (χ3n) is 4.77. The summed E-state index contributed by atoms with van der Waals surface area (Å²) in [5.74, 6) is 0.799. The van der Waals surface area contributed by atoms with Gasteiger partial charge in [0.25, 0.3) is 5.91 Å². The number of ether oxygens (including phenoxy) is 1. The second-order valence-corrected chi connectivity index (χ2v) is 6.05. The Morgan fingerprint density at radius 3 is 3.13 bits per heavy atom. The first-order valence-electron chi connectivity index (χ1n) is 8.01. The molecule has 0 bridgehead atoms. The number of nitrogens with one attached hydrogen (secondary N) is 3. The van der Waals surface area contributed by atoms with Crippen LogP contribution in [0, 0.1) is 0 Å². The molecule has 1 atom stereocenters. The molecule has 120 valence electrons. The van der Waals surface area contributed by atoms with E-state index in [0.717, 1.165) is 48.4 Å². The first kappa shape index (κ1) is 14.3. The zero-order valence-electron chi connectivity index (χ0n) is 13.1. The summed E-state index contributed by atoms with van der Waals surface area (Å²) in [6.45, 7) is 1.62. The fraction of sp³-hybridized carbons (Fsp3) is 0.412. The zero-order valence-corrected chi connectivity index (χ0v) is 13.1. The molecule has 3 N–H and O–H groups in total. The Kier molecular flexibility index (Phi) is 3.53. The lowest BCUT2D eigenvalue weighted by atomic mass is 10.1. The molecule has 2 aliphatic rings. The van der Waals surface area contributed by atoms with Crippen LogP contribution in [0.5, 0.6) is 5.75 Å². The lowest BCUT2D eigenvalue weighted by Gasteiger charge is -2.16. The maximum absolute atomic E-state index is 12.6. The quantitative estimate of drug-likeness (QED) is 0.802. The van der Waals surface area contributed by atoms with Crippen molar-refractivity contribution in [2.75, 3.05) is 13.7 Å². The maximum Gasteiger partial charge on any atom is 0.272 e. The molecule has 0 fully saturated rings. The third-order valence-corrected chi connectivity index (χ3v) is 4.77. The molecule has 23 heavy (non-hydrogen) atoms. The fourth-order valence-electron chi connectivity index (χ4n) is 3.60. The number of hydrogen-bond acceptors (Lipinski definition) is 4. The summed E-state index contributed by atoms with van der Waals surface area (Å²) < 4.78 is 5.42. The monoisotopic (exact) mass is 312 g/mol. The van der Waals surface area contributed by atoms with E-state index in [9.17, 15) is 4.79 Å². The summed E-state index contributed by atoms with van der Waals surface area (Å²) >= 11 is 0. The largest absolute Gasteiger partial charge is 0.496 e. The predicted octanol–water partition coefficient (Wildman–Crippen LogP) is 1.48. The molecule has 2 aromatic rings. The summed E-state index contributed by atoms with van der Waals surface area (Å²) in [6, 6.07) is 6.04. The Balaban J connectivity index is 1.56. The average Bonchev–Trinajstić information content (AvgIpc) is 3.19. The highest BCUT2D eigenvalue weighted by molar-refractivity contribution is 5.94. The van der Waals surface area contributed by atoms with Crippen LogP contribution in [0.25, 0.3) is 0 Å². The summed E-state index contributed by atoms with van der Waals surface area (Å²) in [5, 5.41) is 13.7. The van der Waals surface area contributed by atoms with Gasteiger partial charge < -0.3 is 15.4 Å². The number of rotatable bonds is 3. The molecule has 6 nitrogen and oxygen atoms in total. The molecule has 0 radical (unpaired) electrons. The molecule has 6 heteroatoms. The van der Waals surface area contributed by atoms with Crippen LogP contribution >= 0.6 is 0 Å². The highest BCUT2D eigenvalue weighted by atomic mass is 16.5. The Bertz CT molecular complexity index is 753. The van der Waals surface area contributed by atoms with Gasteiger partial charge >= 0.3 is 0 Å². The Morgan fingerprint density at radius 2 is 2.26 bits per heavy atom. The third kappa shape index (κ3) is 2.39. The van der Waals surface area contributed by atoms with Crippen LogP contribution in [0.1, 0.15) is 45.3 Å². The minimum atomic E-state index is -0.105. The number of amides is 1. The van der Waals surface area contributed by atoms with Crippen LogP contribution in [0.2, 0.25) is 0 Å². The highest BCUT2D eigenvalue weighted by Gasteiger charge is 2.29. The van der Waals surface area contributed by atoms with Crippen LogP contribution in [-0.2, 0) is 19.4 Å². The van der Waals surface area contributed by atoms with Crippen LogP contribution in [0.4, 0.5) is 0 Å². The van der Waals surface area contributed by atoms with Crippen molar-refractivity contribution >= 4 is 5.91 Å². The van der Waals surface area contributed by atoms with Crippen molar-refractivity contribution in [2.45, 2.75) is 31.8 Å². The van der Waals surface area contributed by atoms with Crippen molar-refractivity contribution in [3.05, 3.63) is 46.3 Å². The lowest BCUT2D eigenvalue weighted by Crippen LogP contribution is -2.30. The number of carbonyl (C=O) groups is 1. The molecular formula is C17H20N4O2. The number of benzene rings is 1. The Labute approximate surface area is 134 Å². The van der Waals surface area contributed by atoms with E-state index in [1.54, 1.807) is 7.11 Å². The van der Waals surface area contributed by atoms with E-state index in [4.69, 9.17) is 4.74 Å². The van der Waals surface area contributed by atoms with Crippen LogP contribution in [0.3, 0.4) is 0 Å². The van der Waals surface area contributed by atoms with Gasteiger partial charge in [0.15, 0.2) is 5.69 Å². The standard InChI is InChI=1S/C17H20N4O2/c1-23-15-4-2-3-10-11(15)5-6-13(10)19-17(22)16-12-9-18-8-7-14(12)20-21-16/h2-4,13,18H,5-9H2,1H3,(H,19,22)(H,20,21). The SMILES string of the molecule is COc1cccc2c1CCC2NC(=O)c1n[nH]c2c1CNCC2. The zero-order chi connectivity index (χ0) is 15.8. The topological polar surface area (TPSA) is 79.0 Å². The smallest absolute Gasteiger partial charge is 0.272 e. The Hall–Kier alpha value is -2.34. The van der Waals surface area contributed by atoms with E-state index in [0.29, 0.717) is 12.2 Å². The molecule has 1 aromatic carbocycles. The van der Waals surface area contributed by atoms with Gasteiger partial charge in [0, 0.05) is 30.8 Å². The molecule has 1 aliphatic carbocycles. The number of aromatic amines is 1. The molecular weight excluding hydrogens is 292 g/mol. The molecule has 1 aliphatic heterocycles. The molecule has 1 amide bonds. The van der Waals surface area contributed by atoms with Gasteiger partial charge in [0.2, 0.25) is 0 Å². The van der Waals surface area contributed by atoms with Crippen molar-refractivity contribution in [1.82, 2.24) is 20.8 Å². The maximum atomic E-state index is 12.6. The summed E-state index contributed by atoms with van der Waals surface area (Å²) in [7, 11) is 1.69. The minimum absolute atomic E-state index is 0.0245. The summed E-state index contributed by atoms with van der Waals surface area (Å²) in [5.41, 5.74) is 4.94. The fourth-order valence-corrected chi connectivity index (χ4v) is 3.60. The second kappa shape index (κ2) is 5.70. The van der Waals surface area contributed by atoms with E-state index >= 15 is 0 Å². The number of carbonyl (C=O) groups excluding carboxylic acids is 1. The first-order valence-corrected chi connectivity index (χ1v) is 8.01. The van der Waals surface area contributed by atoms with Crippen molar-refractivity contribution in [2.24, 2.45) is 0 Å². The van der Waals surface area contributed by atoms with Gasteiger partial charge in [-0.25, -0.2) is 0 Å². The van der Waals surface area contributed by atoms with Gasteiger partial charge in [-0.05, 0) is 30.0 Å². The number of methoxy groups -OCH3 is 1. The summed E-state index contributed by atoms with van der Waals surface area (Å²) in [6.07, 6.45) is 2.70. The number of fused-ring (bicyclic) bond motifs is 2. The van der Waals surface area contributed by atoms with E-state index in [1.165, 1.54) is 5.56 Å².